The Kier molecular flexibility index (Phi) is 7.23. The molecule has 1 amide bonds. The van der Waals surface area contributed by atoms with Gasteiger partial charge in [-0.2, -0.15) is 0 Å². The maximum Gasteiger partial charge on any atom is 0.234 e. The van der Waals surface area contributed by atoms with E-state index in [0.717, 1.165) is 25.9 Å². The quantitative estimate of drug-likeness (QED) is 0.640. The molecule has 0 aromatic carbocycles. The zero-order valence-electron chi connectivity index (χ0n) is 11.9. The van der Waals surface area contributed by atoms with Crippen LogP contribution in [0.5, 0.6) is 0 Å². The number of rotatable bonds is 7. The summed E-state index contributed by atoms with van der Waals surface area (Å²) in [6.45, 7) is 7.97. The van der Waals surface area contributed by atoms with E-state index in [1.807, 2.05) is 0 Å². The molecule has 1 fully saturated rings. The zero-order valence-corrected chi connectivity index (χ0v) is 11.9. The van der Waals surface area contributed by atoms with Gasteiger partial charge in [0.25, 0.3) is 0 Å². The number of nitrogens with one attached hydrogen (secondary N) is 2. The van der Waals surface area contributed by atoms with Crippen molar-refractivity contribution in [3.05, 3.63) is 0 Å². The highest BCUT2D eigenvalue weighted by atomic mass is 16.5. The average molecular weight is 257 g/mol. The standard InChI is InChI=1S/C13H27N3O2/c1-4-11-9-16(12(5-2)8-15-11)10-13(17)14-6-7-18-3/h11-12,15H,4-10H2,1-3H3,(H,14,17). The first kappa shape index (κ1) is 15.4. The van der Waals surface area contributed by atoms with Crippen molar-refractivity contribution in [1.82, 2.24) is 15.5 Å². The lowest BCUT2D eigenvalue weighted by Crippen LogP contribution is -2.58. The van der Waals surface area contributed by atoms with Crippen LogP contribution in [0.4, 0.5) is 0 Å². The van der Waals surface area contributed by atoms with Crippen molar-refractivity contribution < 1.29 is 9.53 Å². The van der Waals surface area contributed by atoms with Crippen molar-refractivity contribution >= 4 is 5.91 Å². The molecule has 2 N–H and O–H groups in total. The van der Waals surface area contributed by atoms with E-state index in [4.69, 9.17) is 4.74 Å². The second kappa shape index (κ2) is 8.45. The van der Waals surface area contributed by atoms with Crippen LogP contribution in [0.1, 0.15) is 26.7 Å². The molecule has 106 valence electrons. The van der Waals surface area contributed by atoms with E-state index in [1.54, 1.807) is 7.11 Å². The van der Waals surface area contributed by atoms with E-state index >= 15 is 0 Å². The predicted molar refractivity (Wildman–Crippen MR) is 72.6 cm³/mol. The first-order valence-corrected chi connectivity index (χ1v) is 6.94. The first-order chi connectivity index (χ1) is 8.71. The molecular weight excluding hydrogens is 230 g/mol. The monoisotopic (exact) mass is 257 g/mol. The molecule has 0 aliphatic carbocycles. The maximum atomic E-state index is 11.8. The third kappa shape index (κ3) is 4.92. The van der Waals surface area contributed by atoms with Crippen LogP contribution in [-0.4, -0.2) is 62.8 Å². The molecule has 0 spiro atoms. The van der Waals surface area contributed by atoms with Gasteiger partial charge in [0.05, 0.1) is 13.2 Å². The lowest BCUT2D eigenvalue weighted by atomic mass is 10.1. The van der Waals surface area contributed by atoms with Crippen molar-refractivity contribution in [3.8, 4) is 0 Å². The number of piperazine rings is 1. The normalized spacial score (nSPS) is 25.1. The van der Waals surface area contributed by atoms with Gasteiger partial charge in [0.1, 0.15) is 0 Å². The number of ether oxygens (including phenoxy) is 1. The van der Waals surface area contributed by atoms with Gasteiger partial charge >= 0.3 is 0 Å². The molecule has 0 radical (unpaired) electrons. The van der Waals surface area contributed by atoms with E-state index in [9.17, 15) is 4.79 Å². The van der Waals surface area contributed by atoms with E-state index < -0.39 is 0 Å². The molecule has 5 heteroatoms. The van der Waals surface area contributed by atoms with Gasteiger partial charge in [0.2, 0.25) is 5.91 Å². The average Bonchev–Trinajstić information content (AvgIpc) is 2.39. The second-order valence-corrected chi connectivity index (χ2v) is 4.85. The summed E-state index contributed by atoms with van der Waals surface area (Å²) in [5.41, 5.74) is 0. The smallest absolute Gasteiger partial charge is 0.234 e. The summed E-state index contributed by atoms with van der Waals surface area (Å²) < 4.78 is 4.92. The highest BCUT2D eigenvalue weighted by Gasteiger charge is 2.26. The summed E-state index contributed by atoms with van der Waals surface area (Å²) in [6, 6.07) is 0.987. The Bertz CT molecular complexity index is 248. The Hall–Kier alpha value is -0.650. The number of methoxy groups -OCH3 is 1. The van der Waals surface area contributed by atoms with Gasteiger partial charge < -0.3 is 15.4 Å². The second-order valence-electron chi connectivity index (χ2n) is 4.85. The Morgan fingerprint density at radius 2 is 2.22 bits per heavy atom. The van der Waals surface area contributed by atoms with E-state index in [2.05, 4.69) is 29.4 Å². The summed E-state index contributed by atoms with van der Waals surface area (Å²) in [6.07, 6.45) is 2.19. The maximum absolute atomic E-state index is 11.8. The molecule has 0 bridgehead atoms. The molecule has 1 saturated heterocycles. The fraction of sp³-hybridized carbons (Fsp3) is 0.923. The van der Waals surface area contributed by atoms with Gasteiger partial charge in [0, 0.05) is 38.8 Å². The van der Waals surface area contributed by atoms with Gasteiger partial charge in [0.15, 0.2) is 0 Å². The van der Waals surface area contributed by atoms with Crippen LogP contribution in [0.2, 0.25) is 0 Å². The third-order valence-corrected chi connectivity index (χ3v) is 3.55. The van der Waals surface area contributed by atoms with Crippen LogP contribution in [0.15, 0.2) is 0 Å². The minimum absolute atomic E-state index is 0.0993. The molecule has 0 aromatic heterocycles. The topological polar surface area (TPSA) is 53.6 Å². The van der Waals surface area contributed by atoms with Crippen molar-refractivity contribution in [2.75, 3.05) is 39.9 Å². The van der Waals surface area contributed by atoms with Gasteiger partial charge in [-0.15, -0.1) is 0 Å². The number of carbonyl (C=O) groups is 1. The van der Waals surface area contributed by atoms with Gasteiger partial charge in [-0.05, 0) is 12.8 Å². The Morgan fingerprint density at radius 3 is 2.83 bits per heavy atom. The van der Waals surface area contributed by atoms with Crippen molar-refractivity contribution in [2.24, 2.45) is 0 Å². The summed E-state index contributed by atoms with van der Waals surface area (Å²) >= 11 is 0. The molecule has 1 aliphatic heterocycles. The van der Waals surface area contributed by atoms with Gasteiger partial charge in [-0.25, -0.2) is 0 Å². The van der Waals surface area contributed by atoms with Crippen molar-refractivity contribution in [2.45, 2.75) is 38.8 Å². The van der Waals surface area contributed by atoms with Crippen LogP contribution in [0.25, 0.3) is 0 Å². The van der Waals surface area contributed by atoms with E-state index in [1.165, 1.54) is 0 Å². The zero-order chi connectivity index (χ0) is 13.4. The lowest BCUT2D eigenvalue weighted by Gasteiger charge is -2.39. The van der Waals surface area contributed by atoms with Crippen LogP contribution in [-0.2, 0) is 9.53 Å². The largest absolute Gasteiger partial charge is 0.383 e. The number of hydrogen-bond acceptors (Lipinski definition) is 4. The predicted octanol–water partition coefficient (Wildman–Crippen LogP) is 0.211. The molecule has 1 aliphatic rings. The molecule has 2 atom stereocenters. The molecule has 1 heterocycles. The number of hydrogen-bond donors (Lipinski definition) is 2. The Morgan fingerprint density at radius 1 is 1.44 bits per heavy atom. The molecule has 18 heavy (non-hydrogen) atoms. The number of amides is 1. The molecule has 5 nitrogen and oxygen atoms in total. The Balaban J connectivity index is 2.37. The highest BCUT2D eigenvalue weighted by Crippen LogP contribution is 2.11. The van der Waals surface area contributed by atoms with Crippen LogP contribution < -0.4 is 10.6 Å². The van der Waals surface area contributed by atoms with Crippen LogP contribution >= 0.6 is 0 Å². The molecule has 2 unspecified atom stereocenters. The van der Waals surface area contributed by atoms with Gasteiger partial charge in [-0.3, -0.25) is 9.69 Å². The molecule has 0 aromatic rings. The van der Waals surface area contributed by atoms with E-state index in [0.29, 0.717) is 31.8 Å². The Labute approximate surface area is 110 Å². The fourth-order valence-corrected chi connectivity index (χ4v) is 2.33. The van der Waals surface area contributed by atoms with Crippen molar-refractivity contribution in [3.63, 3.8) is 0 Å². The summed E-state index contributed by atoms with van der Waals surface area (Å²) in [5, 5.41) is 6.41. The minimum Gasteiger partial charge on any atom is -0.383 e. The summed E-state index contributed by atoms with van der Waals surface area (Å²) in [5.74, 6) is 0.0993. The minimum atomic E-state index is 0.0993. The highest BCUT2D eigenvalue weighted by molar-refractivity contribution is 5.78. The van der Waals surface area contributed by atoms with Crippen LogP contribution in [0.3, 0.4) is 0 Å². The van der Waals surface area contributed by atoms with Gasteiger partial charge in [-0.1, -0.05) is 13.8 Å². The first-order valence-electron chi connectivity index (χ1n) is 6.94. The summed E-state index contributed by atoms with van der Waals surface area (Å²) in [7, 11) is 1.64. The number of nitrogens with zero attached hydrogens (tertiary/aromatic N) is 1. The van der Waals surface area contributed by atoms with Crippen molar-refractivity contribution in [1.29, 1.82) is 0 Å². The lowest BCUT2D eigenvalue weighted by molar-refractivity contribution is -0.123. The molecular formula is C13H27N3O2. The van der Waals surface area contributed by atoms with Crippen LogP contribution in [0, 0.1) is 0 Å². The molecule has 1 rings (SSSR count). The fourth-order valence-electron chi connectivity index (χ4n) is 2.33. The van der Waals surface area contributed by atoms with E-state index in [-0.39, 0.29) is 5.91 Å². The number of carbonyl (C=O) groups excluding carboxylic acids is 1. The summed E-state index contributed by atoms with van der Waals surface area (Å²) in [4.78, 5) is 14.1. The molecule has 0 saturated carbocycles. The third-order valence-electron chi connectivity index (χ3n) is 3.55. The SMILES string of the molecule is CCC1CN(CC(=O)NCCOC)C(CC)CN1.